The molecule has 0 amide bonds. The normalized spacial score (nSPS) is 10.5. The molecule has 5 heteroatoms. The summed E-state index contributed by atoms with van der Waals surface area (Å²) in [5.74, 6) is -1.02. The highest BCUT2D eigenvalue weighted by Crippen LogP contribution is 2.13. The molecule has 13 heavy (non-hydrogen) atoms. The first-order valence-corrected chi connectivity index (χ1v) is 3.73. The van der Waals surface area contributed by atoms with E-state index in [1.807, 2.05) is 6.92 Å². The van der Waals surface area contributed by atoms with E-state index in [1.165, 1.54) is 0 Å². The third-order valence-corrected chi connectivity index (χ3v) is 1.77. The van der Waals surface area contributed by atoms with Gasteiger partial charge in [0.25, 0.3) is 0 Å². The summed E-state index contributed by atoms with van der Waals surface area (Å²) in [6, 6.07) is 3.45. The lowest BCUT2D eigenvalue weighted by Crippen LogP contribution is -1.96. The maximum absolute atomic E-state index is 10.7. The maximum atomic E-state index is 10.7. The first-order valence-electron chi connectivity index (χ1n) is 3.73. The number of fused-ring (bicyclic) bond motifs is 1. The molecule has 2 heterocycles. The molecule has 66 valence electrons. The van der Waals surface area contributed by atoms with Crippen molar-refractivity contribution in [3.63, 3.8) is 0 Å². The van der Waals surface area contributed by atoms with Crippen molar-refractivity contribution in [1.82, 2.24) is 15.2 Å². The van der Waals surface area contributed by atoms with Gasteiger partial charge in [0.15, 0.2) is 11.3 Å². The SMILES string of the molecule is Cc1ccc2c(C(=O)O)[nH]nc2n1. The average molecular weight is 177 g/mol. The van der Waals surface area contributed by atoms with Crippen LogP contribution in [0.15, 0.2) is 12.1 Å². The second-order valence-corrected chi connectivity index (χ2v) is 2.73. The lowest BCUT2D eigenvalue weighted by atomic mass is 10.2. The van der Waals surface area contributed by atoms with E-state index in [0.717, 1.165) is 5.69 Å². The highest BCUT2D eigenvalue weighted by atomic mass is 16.4. The van der Waals surface area contributed by atoms with Crippen LogP contribution in [0.1, 0.15) is 16.2 Å². The molecule has 0 spiro atoms. The topological polar surface area (TPSA) is 78.9 Å². The van der Waals surface area contributed by atoms with Crippen LogP contribution < -0.4 is 0 Å². The summed E-state index contributed by atoms with van der Waals surface area (Å²) in [4.78, 5) is 14.7. The minimum Gasteiger partial charge on any atom is -0.477 e. The minimum absolute atomic E-state index is 0.0856. The van der Waals surface area contributed by atoms with Crippen LogP contribution in [0.5, 0.6) is 0 Å². The molecule has 0 saturated carbocycles. The predicted octanol–water partition coefficient (Wildman–Crippen LogP) is 0.965. The molecular formula is C8H7N3O2. The third kappa shape index (κ3) is 1.14. The van der Waals surface area contributed by atoms with Gasteiger partial charge in [-0.25, -0.2) is 9.78 Å². The van der Waals surface area contributed by atoms with Gasteiger partial charge in [-0.05, 0) is 19.1 Å². The van der Waals surface area contributed by atoms with E-state index in [-0.39, 0.29) is 5.69 Å². The summed E-state index contributed by atoms with van der Waals surface area (Å²) in [7, 11) is 0. The minimum atomic E-state index is -1.02. The number of H-pyrrole nitrogens is 1. The number of aromatic nitrogens is 3. The zero-order valence-corrected chi connectivity index (χ0v) is 6.90. The molecule has 0 aromatic carbocycles. The van der Waals surface area contributed by atoms with Gasteiger partial charge in [-0.1, -0.05) is 0 Å². The van der Waals surface area contributed by atoms with Crippen molar-refractivity contribution in [3.05, 3.63) is 23.5 Å². The van der Waals surface area contributed by atoms with Gasteiger partial charge in [-0.3, -0.25) is 5.10 Å². The van der Waals surface area contributed by atoms with Crippen molar-refractivity contribution >= 4 is 17.0 Å². The van der Waals surface area contributed by atoms with E-state index in [9.17, 15) is 4.79 Å². The monoisotopic (exact) mass is 177 g/mol. The Labute approximate surface area is 73.4 Å². The first-order chi connectivity index (χ1) is 6.18. The van der Waals surface area contributed by atoms with E-state index in [2.05, 4.69) is 15.2 Å². The van der Waals surface area contributed by atoms with Crippen LogP contribution in [0.2, 0.25) is 0 Å². The summed E-state index contributed by atoms with van der Waals surface area (Å²) in [6.07, 6.45) is 0. The molecule has 0 aliphatic rings. The molecule has 0 atom stereocenters. The van der Waals surface area contributed by atoms with E-state index in [0.29, 0.717) is 11.0 Å². The van der Waals surface area contributed by atoms with Crippen molar-refractivity contribution in [2.45, 2.75) is 6.92 Å². The Balaban J connectivity index is 2.76. The predicted molar refractivity (Wildman–Crippen MR) is 45.6 cm³/mol. The number of aromatic carboxylic acids is 1. The fraction of sp³-hybridized carbons (Fsp3) is 0.125. The number of carbonyl (C=O) groups is 1. The van der Waals surface area contributed by atoms with Crippen LogP contribution in [0, 0.1) is 6.92 Å². The van der Waals surface area contributed by atoms with Gasteiger partial charge in [0.2, 0.25) is 0 Å². The molecule has 2 aromatic rings. The quantitative estimate of drug-likeness (QED) is 0.680. The van der Waals surface area contributed by atoms with Crippen LogP contribution in [0.25, 0.3) is 11.0 Å². The number of carboxylic acid groups (broad SMARTS) is 1. The summed E-state index contributed by atoms with van der Waals surface area (Å²) >= 11 is 0. The van der Waals surface area contributed by atoms with Crippen LogP contribution in [-0.2, 0) is 0 Å². The summed E-state index contributed by atoms with van der Waals surface area (Å²) in [5.41, 5.74) is 1.34. The van der Waals surface area contributed by atoms with E-state index in [4.69, 9.17) is 5.11 Å². The van der Waals surface area contributed by atoms with Crippen LogP contribution in [0.4, 0.5) is 0 Å². The molecule has 0 saturated heterocycles. The highest BCUT2D eigenvalue weighted by molar-refractivity contribution is 5.99. The second kappa shape index (κ2) is 2.55. The number of hydrogen-bond donors (Lipinski definition) is 2. The van der Waals surface area contributed by atoms with Gasteiger partial charge in [0, 0.05) is 5.69 Å². The average Bonchev–Trinajstić information content (AvgIpc) is 2.46. The smallest absolute Gasteiger partial charge is 0.354 e. The van der Waals surface area contributed by atoms with Crippen molar-refractivity contribution in [1.29, 1.82) is 0 Å². The number of rotatable bonds is 1. The van der Waals surface area contributed by atoms with Crippen molar-refractivity contribution in [2.24, 2.45) is 0 Å². The van der Waals surface area contributed by atoms with Crippen LogP contribution >= 0.6 is 0 Å². The van der Waals surface area contributed by atoms with Crippen molar-refractivity contribution in [2.75, 3.05) is 0 Å². The van der Waals surface area contributed by atoms with Crippen molar-refractivity contribution in [3.8, 4) is 0 Å². The molecule has 2 N–H and O–H groups in total. The number of aromatic amines is 1. The Morgan fingerprint density at radius 1 is 1.54 bits per heavy atom. The summed E-state index contributed by atoms with van der Waals surface area (Å²) in [5, 5.41) is 15.5. The van der Waals surface area contributed by atoms with Crippen LogP contribution in [0.3, 0.4) is 0 Å². The third-order valence-electron chi connectivity index (χ3n) is 1.77. The Hall–Kier alpha value is -1.91. The highest BCUT2D eigenvalue weighted by Gasteiger charge is 2.11. The Morgan fingerprint density at radius 3 is 3.00 bits per heavy atom. The lowest BCUT2D eigenvalue weighted by molar-refractivity contribution is 0.0692. The molecule has 0 aliphatic heterocycles. The molecule has 2 rings (SSSR count). The number of aryl methyl sites for hydroxylation is 1. The fourth-order valence-corrected chi connectivity index (χ4v) is 1.16. The number of hydrogen-bond acceptors (Lipinski definition) is 3. The molecule has 5 nitrogen and oxygen atoms in total. The molecule has 0 radical (unpaired) electrons. The Morgan fingerprint density at radius 2 is 2.31 bits per heavy atom. The van der Waals surface area contributed by atoms with Gasteiger partial charge < -0.3 is 5.11 Å². The second-order valence-electron chi connectivity index (χ2n) is 2.73. The number of nitrogens with one attached hydrogen (secondary N) is 1. The molecule has 0 fully saturated rings. The summed E-state index contributed by atoms with van der Waals surface area (Å²) < 4.78 is 0. The standard InChI is InChI=1S/C8H7N3O2/c1-4-2-3-5-6(8(12)13)10-11-7(5)9-4/h2-3H,1H3,(H,12,13)(H,9,10,11). The van der Waals surface area contributed by atoms with Gasteiger partial charge in [0.05, 0.1) is 5.39 Å². The zero-order chi connectivity index (χ0) is 9.42. The van der Waals surface area contributed by atoms with E-state index in [1.54, 1.807) is 12.1 Å². The fourth-order valence-electron chi connectivity index (χ4n) is 1.16. The summed E-state index contributed by atoms with van der Waals surface area (Å²) in [6.45, 7) is 1.83. The molecule has 0 bridgehead atoms. The lowest BCUT2D eigenvalue weighted by Gasteiger charge is -1.91. The maximum Gasteiger partial charge on any atom is 0.354 e. The Bertz CT molecular complexity index is 475. The molecule has 0 aliphatic carbocycles. The van der Waals surface area contributed by atoms with E-state index < -0.39 is 5.97 Å². The Kier molecular flexibility index (Phi) is 1.51. The number of nitrogens with zero attached hydrogens (tertiary/aromatic N) is 2. The van der Waals surface area contributed by atoms with Gasteiger partial charge in [0.1, 0.15) is 0 Å². The molecular weight excluding hydrogens is 170 g/mol. The van der Waals surface area contributed by atoms with Gasteiger partial charge in [-0.15, -0.1) is 0 Å². The van der Waals surface area contributed by atoms with E-state index >= 15 is 0 Å². The molecule has 0 unspecified atom stereocenters. The first kappa shape index (κ1) is 7.72. The van der Waals surface area contributed by atoms with Crippen molar-refractivity contribution < 1.29 is 9.90 Å². The largest absolute Gasteiger partial charge is 0.477 e. The zero-order valence-electron chi connectivity index (χ0n) is 6.90. The molecule has 2 aromatic heterocycles. The number of carboxylic acids is 1. The van der Waals surface area contributed by atoms with Gasteiger partial charge >= 0.3 is 5.97 Å². The van der Waals surface area contributed by atoms with Crippen LogP contribution in [-0.4, -0.2) is 26.3 Å². The van der Waals surface area contributed by atoms with Gasteiger partial charge in [-0.2, -0.15) is 5.10 Å². The number of pyridine rings is 1.